The van der Waals surface area contributed by atoms with Crippen molar-refractivity contribution in [3.63, 3.8) is 0 Å². The third-order valence-electron chi connectivity index (χ3n) is 4.61. The Bertz CT molecular complexity index is 1150. The average Bonchev–Trinajstić information content (AvgIpc) is 3.15. The van der Waals surface area contributed by atoms with E-state index in [-0.39, 0.29) is 6.61 Å². The molecule has 2 aromatic carbocycles. The number of rotatable bonds is 6. The largest absolute Gasteiger partial charge is 0.514 e. The zero-order valence-electron chi connectivity index (χ0n) is 16.4. The Morgan fingerprint density at radius 1 is 1.10 bits per heavy atom. The average molecular weight is 390 g/mol. The number of aromatic nitrogens is 3. The molecule has 0 spiro atoms. The van der Waals surface area contributed by atoms with Crippen molar-refractivity contribution in [2.24, 2.45) is 0 Å². The van der Waals surface area contributed by atoms with Gasteiger partial charge < -0.3 is 19.4 Å². The Morgan fingerprint density at radius 2 is 1.93 bits per heavy atom. The summed E-state index contributed by atoms with van der Waals surface area (Å²) in [6, 6.07) is 13.1. The first kappa shape index (κ1) is 18.9. The highest BCUT2D eigenvalue weighted by atomic mass is 16.7. The normalized spacial score (nSPS) is 11.3. The van der Waals surface area contributed by atoms with E-state index in [1.165, 1.54) is 0 Å². The number of nitrogens with zero attached hydrogens (tertiary/aromatic N) is 3. The molecule has 0 saturated heterocycles. The summed E-state index contributed by atoms with van der Waals surface area (Å²) in [5, 5.41) is 0.900. The SMILES string of the molecule is CN(C)CCc1c[nH]c2cccc(OC(=O)OCc3cnc4ccccc4n3)c12. The molecule has 0 amide bonds. The maximum atomic E-state index is 12.3. The van der Waals surface area contributed by atoms with Gasteiger partial charge in [-0.25, -0.2) is 9.78 Å². The molecule has 7 nitrogen and oxygen atoms in total. The monoisotopic (exact) mass is 390 g/mol. The number of benzene rings is 2. The number of aromatic amines is 1. The molecule has 7 heteroatoms. The van der Waals surface area contributed by atoms with Crippen LogP contribution in [0.1, 0.15) is 11.3 Å². The molecule has 148 valence electrons. The number of carbonyl (C=O) groups is 1. The fourth-order valence-corrected chi connectivity index (χ4v) is 3.16. The number of hydrogen-bond acceptors (Lipinski definition) is 6. The second kappa shape index (κ2) is 8.28. The molecule has 29 heavy (non-hydrogen) atoms. The number of fused-ring (bicyclic) bond motifs is 2. The molecule has 4 rings (SSSR count). The lowest BCUT2D eigenvalue weighted by molar-refractivity contribution is 0.0921. The van der Waals surface area contributed by atoms with Gasteiger partial charge in [-0.15, -0.1) is 0 Å². The first-order chi connectivity index (χ1) is 14.1. The van der Waals surface area contributed by atoms with E-state index in [1.807, 2.05) is 56.7 Å². The van der Waals surface area contributed by atoms with Crippen molar-refractivity contribution in [1.29, 1.82) is 0 Å². The van der Waals surface area contributed by atoms with E-state index in [9.17, 15) is 4.79 Å². The van der Waals surface area contributed by atoms with Gasteiger partial charge in [0.2, 0.25) is 0 Å². The number of hydrogen-bond donors (Lipinski definition) is 1. The van der Waals surface area contributed by atoms with Gasteiger partial charge in [-0.2, -0.15) is 0 Å². The number of H-pyrrole nitrogens is 1. The maximum absolute atomic E-state index is 12.3. The standard InChI is InChI=1S/C22H22N4O3/c1-26(2)11-10-15-12-23-19-8-5-9-20(21(15)19)29-22(27)28-14-16-13-24-17-6-3-4-7-18(17)25-16/h3-9,12-13,23H,10-11,14H2,1-2H3. The second-order valence-electron chi connectivity index (χ2n) is 7.04. The number of likely N-dealkylation sites (N-methyl/N-ethyl adjacent to an activating group) is 1. The van der Waals surface area contributed by atoms with Crippen molar-refractivity contribution in [1.82, 2.24) is 19.9 Å². The molecule has 0 radical (unpaired) electrons. The molecule has 0 bridgehead atoms. The van der Waals surface area contributed by atoms with Crippen LogP contribution in [0.15, 0.2) is 54.9 Å². The smallest absolute Gasteiger partial charge is 0.427 e. The van der Waals surface area contributed by atoms with Crippen LogP contribution in [0, 0.1) is 0 Å². The van der Waals surface area contributed by atoms with Crippen molar-refractivity contribution in [2.75, 3.05) is 20.6 Å². The lowest BCUT2D eigenvalue weighted by atomic mass is 10.1. The van der Waals surface area contributed by atoms with Gasteiger partial charge in [0.25, 0.3) is 0 Å². The predicted molar refractivity (Wildman–Crippen MR) is 111 cm³/mol. The van der Waals surface area contributed by atoms with E-state index < -0.39 is 6.16 Å². The lowest BCUT2D eigenvalue weighted by Gasteiger charge is -2.10. The Balaban J connectivity index is 1.46. The predicted octanol–water partition coefficient (Wildman–Crippen LogP) is 3.93. The van der Waals surface area contributed by atoms with E-state index in [2.05, 4.69) is 19.9 Å². The van der Waals surface area contributed by atoms with Crippen LogP contribution in [0.4, 0.5) is 4.79 Å². The minimum absolute atomic E-state index is 0.00668. The molecule has 0 saturated carbocycles. The van der Waals surface area contributed by atoms with E-state index in [1.54, 1.807) is 12.3 Å². The van der Waals surface area contributed by atoms with Gasteiger partial charge in [-0.3, -0.25) is 4.98 Å². The number of ether oxygens (including phenoxy) is 2. The second-order valence-corrected chi connectivity index (χ2v) is 7.04. The molecule has 0 atom stereocenters. The number of para-hydroxylation sites is 2. The fraction of sp³-hybridized carbons (Fsp3) is 0.227. The zero-order valence-corrected chi connectivity index (χ0v) is 16.4. The Kier molecular flexibility index (Phi) is 5.39. The highest BCUT2D eigenvalue weighted by molar-refractivity contribution is 5.90. The highest BCUT2D eigenvalue weighted by Crippen LogP contribution is 2.29. The number of carbonyl (C=O) groups excluding carboxylic acids is 1. The van der Waals surface area contributed by atoms with Gasteiger partial charge in [-0.1, -0.05) is 18.2 Å². The molecule has 2 aromatic heterocycles. The van der Waals surface area contributed by atoms with Crippen LogP contribution in [0.25, 0.3) is 21.9 Å². The molecular weight excluding hydrogens is 368 g/mol. The Hall–Kier alpha value is -3.45. The van der Waals surface area contributed by atoms with Gasteiger partial charge in [0.1, 0.15) is 12.4 Å². The van der Waals surface area contributed by atoms with E-state index in [4.69, 9.17) is 9.47 Å². The van der Waals surface area contributed by atoms with Crippen LogP contribution in [-0.2, 0) is 17.8 Å². The molecular formula is C22H22N4O3. The van der Waals surface area contributed by atoms with E-state index >= 15 is 0 Å². The van der Waals surface area contributed by atoms with Crippen molar-refractivity contribution in [3.8, 4) is 5.75 Å². The zero-order chi connectivity index (χ0) is 20.2. The third kappa shape index (κ3) is 4.35. The summed E-state index contributed by atoms with van der Waals surface area (Å²) in [5.74, 6) is 0.479. The van der Waals surface area contributed by atoms with Gasteiger partial charge in [-0.05, 0) is 50.3 Å². The highest BCUT2D eigenvalue weighted by Gasteiger charge is 2.14. The maximum Gasteiger partial charge on any atom is 0.514 e. The van der Waals surface area contributed by atoms with Crippen LogP contribution in [-0.4, -0.2) is 46.6 Å². The summed E-state index contributed by atoms with van der Waals surface area (Å²) >= 11 is 0. The summed E-state index contributed by atoms with van der Waals surface area (Å²) in [6.07, 6.45) is 3.63. The quantitative estimate of drug-likeness (QED) is 0.397. The molecule has 2 heterocycles. The van der Waals surface area contributed by atoms with E-state index in [0.717, 1.165) is 40.5 Å². The van der Waals surface area contributed by atoms with Gasteiger partial charge >= 0.3 is 6.16 Å². The lowest BCUT2D eigenvalue weighted by Crippen LogP contribution is -2.15. The third-order valence-corrected chi connectivity index (χ3v) is 4.61. The molecule has 4 aromatic rings. The summed E-state index contributed by atoms with van der Waals surface area (Å²) in [6.45, 7) is 0.889. The van der Waals surface area contributed by atoms with Crippen LogP contribution >= 0.6 is 0 Å². The van der Waals surface area contributed by atoms with Crippen molar-refractivity contribution in [2.45, 2.75) is 13.0 Å². The van der Waals surface area contributed by atoms with Crippen LogP contribution in [0.2, 0.25) is 0 Å². The number of nitrogens with one attached hydrogen (secondary N) is 1. The van der Waals surface area contributed by atoms with Crippen molar-refractivity contribution >= 4 is 28.1 Å². The molecule has 0 fully saturated rings. The van der Waals surface area contributed by atoms with Gasteiger partial charge in [0.15, 0.2) is 0 Å². The molecule has 0 aliphatic heterocycles. The Labute approximate surface area is 168 Å². The van der Waals surface area contributed by atoms with Gasteiger partial charge in [0.05, 0.1) is 22.9 Å². The first-order valence-corrected chi connectivity index (χ1v) is 9.39. The topological polar surface area (TPSA) is 80.3 Å². The molecule has 0 aliphatic rings. The first-order valence-electron chi connectivity index (χ1n) is 9.39. The molecule has 1 N–H and O–H groups in total. The van der Waals surface area contributed by atoms with Crippen molar-refractivity contribution in [3.05, 3.63) is 66.1 Å². The Morgan fingerprint density at radius 3 is 2.76 bits per heavy atom. The van der Waals surface area contributed by atoms with E-state index in [0.29, 0.717) is 11.4 Å². The van der Waals surface area contributed by atoms with Crippen LogP contribution in [0.5, 0.6) is 5.75 Å². The summed E-state index contributed by atoms with van der Waals surface area (Å²) < 4.78 is 10.8. The molecule has 0 aliphatic carbocycles. The molecule has 0 unspecified atom stereocenters. The summed E-state index contributed by atoms with van der Waals surface area (Å²) in [5.41, 5.74) is 4.13. The van der Waals surface area contributed by atoms with Crippen LogP contribution < -0.4 is 4.74 Å². The minimum atomic E-state index is -0.771. The summed E-state index contributed by atoms with van der Waals surface area (Å²) in [7, 11) is 4.05. The van der Waals surface area contributed by atoms with Gasteiger partial charge in [0, 0.05) is 23.6 Å². The van der Waals surface area contributed by atoms with Crippen LogP contribution in [0.3, 0.4) is 0 Å². The van der Waals surface area contributed by atoms with Crippen molar-refractivity contribution < 1.29 is 14.3 Å². The fourth-order valence-electron chi connectivity index (χ4n) is 3.16. The minimum Gasteiger partial charge on any atom is -0.427 e. The summed E-state index contributed by atoms with van der Waals surface area (Å²) in [4.78, 5) is 26.4.